The number of unbranched alkanes of at least 4 members (excludes halogenated alkanes) is 1. The van der Waals surface area contributed by atoms with Crippen molar-refractivity contribution in [3.8, 4) is 0 Å². The van der Waals surface area contributed by atoms with Crippen LogP contribution in [0.25, 0.3) is 0 Å². The van der Waals surface area contributed by atoms with Crippen molar-refractivity contribution in [2.45, 2.75) is 110 Å². The molecule has 0 amide bonds. The molecule has 1 heterocycles. The molecule has 6 unspecified atom stereocenters. The molecule has 0 bridgehead atoms. The number of aliphatic hydroxyl groups excluding tert-OH is 2. The highest BCUT2D eigenvalue weighted by atomic mass is 16.7. The van der Waals surface area contributed by atoms with Gasteiger partial charge in [-0.2, -0.15) is 5.06 Å². The van der Waals surface area contributed by atoms with Crippen molar-refractivity contribution in [3.63, 3.8) is 0 Å². The molecular weight excluding hydrogens is 326 g/mol. The normalized spacial score (nSPS) is 36.7. The lowest BCUT2D eigenvalue weighted by atomic mass is 9.67. The lowest BCUT2D eigenvalue weighted by Gasteiger charge is -2.56. The van der Waals surface area contributed by atoms with Crippen LogP contribution in [0.5, 0.6) is 0 Å². The van der Waals surface area contributed by atoms with Crippen molar-refractivity contribution in [2.24, 2.45) is 17.8 Å². The van der Waals surface area contributed by atoms with Crippen LogP contribution in [0.3, 0.4) is 0 Å². The minimum Gasteiger partial charge on any atom is -0.396 e. The van der Waals surface area contributed by atoms with Crippen molar-refractivity contribution in [1.82, 2.24) is 5.06 Å². The molecule has 2 fully saturated rings. The van der Waals surface area contributed by atoms with Gasteiger partial charge in [0, 0.05) is 18.2 Å². The molecule has 2 N–H and O–H groups in total. The van der Waals surface area contributed by atoms with Gasteiger partial charge in [0.25, 0.3) is 0 Å². The van der Waals surface area contributed by atoms with Crippen LogP contribution >= 0.6 is 0 Å². The summed E-state index contributed by atoms with van der Waals surface area (Å²) in [6, 6.07) is 0.460. The zero-order chi connectivity index (χ0) is 19.2. The summed E-state index contributed by atoms with van der Waals surface area (Å²) in [6.07, 6.45) is 10.6. The Balaban J connectivity index is 1.95. The van der Waals surface area contributed by atoms with Crippen LogP contribution in [0.15, 0.2) is 0 Å². The largest absolute Gasteiger partial charge is 0.396 e. The van der Waals surface area contributed by atoms with E-state index < -0.39 is 0 Å². The molecule has 1 aliphatic carbocycles. The van der Waals surface area contributed by atoms with E-state index in [2.05, 4.69) is 32.8 Å². The van der Waals surface area contributed by atoms with Crippen molar-refractivity contribution in [1.29, 1.82) is 0 Å². The van der Waals surface area contributed by atoms with E-state index in [4.69, 9.17) is 9.94 Å². The fourth-order valence-corrected chi connectivity index (χ4v) is 5.37. The highest BCUT2D eigenvalue weighted by molar-refractivity contribution is 4.99. The van der Waals surface area contributed by atoms with Gasteiger partial charge >= 0.3 is 0 Å². The molecule has 1 saturated carbocycles. The van der Waals surface area contributed by atoms with Crippen molar-refractivity contribution < 1.29 is 15.1 Å². The summed E-state index contributed by atoms with van der Waals surface area (Å²) >= 11 is 0. The zero-order valence-electron chi connectivity index (χ0n) is 17.6. The van der Waals surface area contributed by atoms with Crippen LogP contribution in [0.1, 0.15) is 91.9 Å². The van der Waals surface area contributed by atoms with Crippen LogP contribution in [0.4, 0.5) is 0 Å². The van der Waals surface area contributed by atoms with Crippen LogP contribution in [-0.2, 0) is 4.84 Å². The maximum absolute atomic E-state index is 10.1. The van der Waals surface area contributed by atoms with Gasteiger partial charge in [-0.3, -0.25) is 4.84 Å². The molecule has 0 radical (unpaired) electrons. The number of rotatable bonds is 10. The number of hydrogen-bond donors (Lipinski definition) is 2. The summed E-state index contributed by atoms with van der Waals surface area (Å²) in [6.45, 7) is 10.4. The van der Waals surface area contributed by atoms with Gasteiger partial charge in [-0.05, 0) is 69.6 Å². The monoisotopic (exact) mass is 369 g/mol. The van der Waals surface area contributed by atoms with Gasteiger partial charge in [0.2, 0.25) is 0 Å². The summed E-state index contributed by atoms with van der Waals surface area (Å²) in [7, 11) is 0. The summed E-state index contributed by atoms with van der Waals surface area (Å²) in [4.78, 5) is 6.48. The Morgan fingerprint density at radius 2 is 1.96 bits per heavy atom. The van der Waals surface area contributed by atoms with Gasteiger partial charge in [-0.15, -0.1) is 0 Å². The molecule has 0 aromatic heterocycles. The van der Waals surface area contributed by atoms with Crippen molar-refractivity contribution >= 4 is 0 Å². The second kappa shape index (κ2) is 10.4. The minimum absolute atomic E-state index is 0.113. The third-order valence-electron chi connectivity index (χ3n) is 7.28. The van der Waals surface area contributed by atoms with E-state index in [9.17, 15) is 5.11 Å². The van der Waals surface area contributed by atoms with E-state index >= 15 is 0 Å². The summed E-state index contributed by atoms with van der Waals surface area (Å²) in [5.41, 5.74) is 0.113. The zero-order valence-corrected chi connectivity index (χ0v) is 17.6. The van der Waals surface area contributed by atoms with Crippen LogP contribution in [-0.4, -0.2) is 46.2 Å². The van der Waals surface area contributed by atoms with Crippen LogP contribution in [0, 0.1) is 17.8 Å². The lowest BCUT2D eigenvalue weighted by Crippen LogP contribution is -2.61. The molecule has 4 heteroatoms. The smallest absolute Gasteiger partial charge is 0.0688 e. The van der Waals surface area contributed by atoms with Gasteiger partial charge in [0.1, 0.15) is 0 Å². The Kier molecular flexibility index (Phi) is 8.85. The topological polar surface area (TPSA) is 52.9 Å². The number of fused-ring (bicyclic) bond motifs is 1. The van der Waals surface area contributed by atoms with E-state index in [-0.39, 0.29) is 11.6 Å². The number of hydroxylamine groups is 2. The average Bonchev–Trinajstić information content (AvgIpc) is 2.63. The Labute approximate surface area is 161 Å². The van der Waals surface area contributed by atoms with Crippen molar-refractivity contribution in [3.05, 3.63) is 0 Å². The Bertz CT molecular complexity index is 405. The SMILES string of the molecule is CCC(CCCCO)CCON1C2CCC(O)CC2C(C)CC1(C)CC. The van der Waals surface area contributed by atoms with E-state index in [1.165, 1.54) is 12.8 Å². The van der Waals surface area contributed by atoms with Crippen LogP contribution in [0.2, 0.25) is 0 Å². The van der Waals surface area contributed by atoms with E-state index in [1.807, 2.05) is 0 Å². The number of hydrogen-bond acceptors (Lipinski definition) is 4. The van der Waals surface area contributed by atoms with Gasteiger partial charge in [0.15, 0.2) is 0 Å². The highest BCUT2D eigenvalue weighted by Gasteiger charge is 2.49. The first-order chi connectivity index (χ1) is 12.4. The molecular formula is C22H43NO3. The molecule has 6 atom stereocenters. The first kappa shape index (κ1) is 22.1. The van der Waals surface area contributed by atoms with Crippen molar-refractivity contribution in [2.75, 3.05) is 13.2 Å². The second-order valence-electron chi connectivity index (χ2n) is 9.17. The average molecular weight is 370 g/mol. The molecule has 26 heavy (non-hydrogen) atoms. The lowest BCUT2D eigenvalue weighted by molar-refractivity contribution is -0.288. The molecule has 0 spiro atoms. The summed E-state index contributed by atoms with van der Waals surface area (Å²) in [5, 5.41) is 21.5. The minimum atomic E-state index is -0.123. The molecule has 0 aromatic carbocycles. The molecule has 154 valence electrons. The molecule has 4 nitrogen and oxygen atoms in total. The van der Waals surface area contributed by atoms with E-state index in [0.29, 0.717) is 30.4 Å². The Morgan fingerprint density at radius 3 is 2.62 bits per heavy atom. The van der Waals surface area contributed by atoms with Crippen LogP contribution < -0.4 is 0 Å². The third kappa shape index (κ3) is 5.43. The second-order valence-corrected chi connectivity index (χ2v) is 9.17. The fraction of sp³-hybridized carbons (Fsp3) is 1.00. The molecule has 2 aliphatic rings. The van der Waals surface area contributed by atoms with Gasteiger partial charge < -0.3 is 10.2 Å². The van der Waals surface area contributed by atoms with Gasteiger partial charge in [-0.1, -0.05) is 40.0 Å². The quantitative estimate of drug-likeness (QED) is 0.555. The van der Waals surface area contributed by atoms with Gasteiger partial charge in [-0.25, -0.2) is 0 Å². The van der Waals surface area contributed by atoms with E-state index in [0.717, 1.165) is 58.0 Å². The number of nitrogens with zero attached hydrogens (tertiary/aromatic N) is 1. The predicted molar refractivity (Wildman–Crippen MR) is 107 cm³/mol. The number of aliphatic hydroxyl groups is 2. The fourth-order valence-electron chi connectivity index (χ4n) is 5.37. The standard InChI is InChI=1S/C22H43NO3/c1-5-18(9-7-8-13-24)12-14-26-23-21-11-10-19(25)15-20(21)17(3)16-22(23,4)6-2/h17-21,24-25H,5-16H2,1-4H3. The van der Waals surface area contributed by atoms with Gasteiger partial charge in [0.05, 0.1) is 12.7 Å². The highest BCUT2D eigenvalue weighted by Crippen LogP contribution is 2.46. The first-order valence-electron chi connectivity index (χ1n) is 11.2. The summed E-state index contributed by atoms with van der Waals surface area (Å²) < 4.78 is 0. The maximum atomic E-state index is 10.1. The van der Waals surface area contributed by atoms with E-state index in [1.54, 1.807) is 0 Å². The third-order valence-corrected chi connectivity index (χ3v) is 7.28. The predicted octanol–water partition coefficient (Wildman–Crippen LogP) is 4.54. The summed E-state index contributed by atoms with van der Waals surface area (Å²) in [5.74, 6) is 1.91. The first-order valence-corrected chi connectivity index (χ1v) is 11.2. The molecule has 1 aliphatic heterocycles. The molecule has 1 saturated heterocycles. The molecule has 2 rings (SSSR count). The maximum Gasteiger partial charge on any atom is 0.0688 e. The number of piperidine rings is 1. The molecule has 0 aromatic rings. The Morgan fingerprint density at radius 1 is 1.19 bits per heavy atom. The Hall–Kier alpha value is -0.160.